The first kappa shape index (κ1) is 13.6. The monoisotopic (exact) mass is 301 g/mol. The van der Waals surface area contributed by atoms with Crippen LogP contribution in [0, 0.1) is 5.82 Å². The molecule has 0 aliphatic carbocycles. The zero-order valence-corrected chi connectivity index (χ0v) is 11.8. The van der Waals surface area contributed by atoms with Gasteiger partial charge in [-0.25, -0.2) is 9.18 Å². The molecule has 0 unspecified atom stereocenters. The molecule has 0 aliphatic rings. The maximum absolute atomic E-state index is 13.7. The standard InChI is InChI=1S/C16H12FNO2S/c17-13-6-5-10(16(19)20)7-14(13)18-8-11-9-21-15-4-2-1-3-12(11)15/h1-7,9,18H,8H2,(H,19,20). The van der Waals surface area contributed by atoms with Gasteiger partial charge in [-0.15, -0.1) is 11.3 Å². The number of carbonyl (C=O) groups is 1. The minimum atomic E-state index is -1.07. The lowest BCUT2D eigenvalue weighted by molar-refractivity contribution is 0.0697. The molecule has 21 heavy (non-hydrogen) atoms. The van der Waals surface area contributed by atoms with E-state index in [0.29, 0.717) is 6.54 Å². The number of anilines is 1. The molecule has 3 aromatic rings. The van der Waals surface area contributed by atoms with Crippen LogP contribution in [0.3, 0.4) is 0 Å². The highest BCUT2D eigenvalue weighted by Crippen LogP contribution is 2.26. The second-order valence-electron chi connectivity index (χ2n) is 4.61. The second kappa shape index (κ2) is 5.54. The summed E-state index contributed by atoms with van der Waals surface area (Å²) < 4.78 is 14.9. The Morgan fingerprint density at radius 2 is 2.05 bits per heavy atom. The summed E-state index contributed by atoms with van der Waals surface area (Å²) in [5.74, 6) is -1.53. The predicted molar refractivity (Wildman–Crippen MR) is 82.5 cm³/mol. The molecule has 1 heterocycles. The molecule has 0 bridgehead atoms. The number of carboxylic acid groups (broad SMARTS) is 1. The highest BCUT2D eigenvalue weighted by atomic mass is 32.1. The van der Waals surface area contributed by atoms with Gasteiger partial charge in [0.1, 0.15) is 5.82 Å². The molecule has 2 N–H and O–H groups in total. The van der Waals surface area contributed by atoms with Crippen LogP contribution in [0.25, 0.3) is 10.1 Å². The predicted octanol–water partition coefficient (Wildman–Crippen LogP) is 4.35. The molecule has 106 valence electrons. The van der Waals surface area contributed by atoms with Gasteiger partial charge in [0.25, 0.3) is 0 Å². The van der Waals surface area contributed by atoms with Gasteiger partial charge in [-0.1, -0.05) is 18.2 Å². The number of halogens is 1. The van der Waals surface area contributed by atoms with Gasteiger partial charge >= 0.3 is 5.97 Å². The molecule has 0 spiro atoms. The zero-order valence-electron chi connectivity index (χ0n) is 11.0. The summed E-state index contributed by atoms with van der Waals surface area (Å²) in [6.07, 6.45) is 0. The molecule has 5 heteroatoms. The summed E-state index contributed by atoms with van der Waals surface area (Å²) in [5, 5.41) is 15.1. The number of carboxylic acids is 1. The van der Waals surface area contributed by atoms with E-state index in [1.165, 1.54) is 16.8 Å². The van der Waals surface area contributed by atoms with Crippen LogP contribution in [-0.2, 0) is 6.54 Å². The van der Waals surface area contributed by atoms with E-state index in [-0.39, 0.29) is 11.3 Å². The third-order valence-corrected chi connectivity index (χ3v) is 4.26. The third-order valence-electron chi connectivity index (χ3n) is 3.24. The van der Waals surface area contributed by atoms with Crippen LogP contribution in [0.1, 0.15) is 15.9 Å². The average molecular weight is 301 g/mol. The summed E-state index contributed by atoms with van der Waals surface area (Å²) >= 11 is 1.63. The molecular weight excluding hydrogens is 289 g/mol. The minimum Gasteiger partial charge on any atom is -0.478 e. The largest absolute Gasteiger partial charge is 0.478 e. The molecule has 0 radical (unpaired) electrons. The van der Waals surface area contributed by atoms with Gasteiger partial charge in [-0.05, 0) is 40.6 Å². The van der Waals surface area contributed by atoms with Crippen LogP contribution in [0.2, 0.25) is 0 Å². The van der Waals surface area contributed by atoms with Gasteiger partial charge in [0.2, 0.25) is 0 Å². The highest BCUT2D eigenvalue weighted by Gasteiger charge is 2.09. The fraction of sp³-hybridized carbons (Fsp3) is 0.0625. The maximum Gasteiger partial charge on any atom is 0.335 e. The number of nitrogens with one attached hydrogen (secondary N) is 1. The van der Waals surface area contributed by atoms with E-state index in [9.17, 15) is 9.18 Å². The molecule has 0 saturated heterocycles. The molecule has 0 atom stereocenters. The van der Waals surface area contributed by atoms with Gasteiger partial charge in [-0.3, -0.25) is 0 Å². The van der Waals surface area contributed by atoms with Crippen LogP contribution in [0.5, 0.6) is 0 Å². The lowest BCUT2D eigenvalue weighted by Crippen LogP contribution is -2.04. The molecule has 0 aliphatic heterocycles. The fourth-order valence-corrected chi connectivity index (χ4v) is 3.12. The molecule has 2 aromatic carbocycles. The number of fused-ring (bicyclic) bond motifs is 1. The van der Waals surface area contributed by atoms with Crippen molar-refractivity contribution in [3.8, 4) is 0 Å². The normalized spacial score (nSPS) is 10.7. The van der Waals surface area contributed by atoms with E-state index in [4.69, 9.17) is 5.11 Å². The molecule has 3 rings (SSSR count). The number of thiophene rings is 1. The van der Waals surface area contributed by atoms with Gasteiger partial charge in [0, 0.05) is 11.2 Å². The van der Waals surface area contributed by atoms with Crippen molar-refractivity contribution < 1.29 is 14.3 Å². The lowest BCUT2D eigenvalue weighted by atomic mass is 10.1. The summed E-state index contributed by atoms with van der Waals surface area (Å²) in [4.78, 5) is 10.9. The number of hydrogen-bond donors (Lipinski definition) is 2. The average Bonchev–Trinajstić information content (AvgIpc) is 2.89. The minimum absolute atomic E-state index is 0.0640. The molecule has 3 nitrogen and oxygen atoms in total. The smallest absolute Gasteiger partial charge is 0.335 e. The first-order valence-corrected chi connectivity index (χ1v) is 7.25. The van der Waals surface area contributed by atoms with Crippen LogP contribution < -0.4 is 5.32 Å². The van der Waals surface area contributed by atoms with Crippen molar-refractivity contribution in [3.63, 3.8) is 0 Å². The number of hydrogen-bond acceptors (Lipinski definition) is 3. The fourth-order valence-electron chi connectivity index (χ4n) is 2.15. The van der Waals surface area contributed by atoms with Crippen molar-refractivity contribution in [2.24, 2.45) is 0 Å². The van der Waals surface area contributed by atoms with E-state index in [1.54, 1.807) is 11.3 Å². The van der Waals surface area contributed by atoms with Crippen molar-refractivity contribution in [2.45, 2.75) is 6.54 Å². The molecule has 0 fully saturated rings. The van der Waals surface area contributed by atoms with E-state index >= 15 is 0 Å². The summed E-state index contributed by atoms with van der Waals surface area (Å²) in [6.45, 7) is 0.448. The molecular formula is C16H12FNO2S. The topological polar surface area (TPSA) is 49.3 Å². The maximum atomic E-state index is 13.7. The Kier molecular flexibility index (Phi) is 3.58. The second-order valence-corrected chi connectivity index (χ2v) is 5.52. The van der Waals surface area contributed by atoms with E-state index in [0.717, 1.165) is 17.0 Å². The van der Waals surface area contributed by atoms with Crippen LogP contribution >= 0.6 is 11.3 Å². The number of aromatic carboxylic acids is 1. The molecule has 0 saturated carbocycles. The lowest BCUT2D eigenvalue weighted by Gasteiger charge is -2.08. The van der Waals surface area contributed by atoms with Crippen LogP contribution in [-0.4, -0.2) is 11.1 Å². The van der Waals surface area contributed by atoms with Gasteiger partial charge in [0.15, 0.2) is 0 Å². The van der Waals surface area contributed by atoms with Gasteiger partial charge in [-0.2, -0.15) is 0 Å². The van der Waals surface area contributed by atoms with E-state index in [1.807, 2.05) is 29.6 Å². The Labute approximate surface area is 124 Å². The highest BCUT2D eigenvalue weighted by molar-refractivity contribution is 7.17. The third kappa shape index (κ3) is 2.73. The van der Waals surface area contributed by atoms with Crippen molar-refractivity contribution in [2.75, 3.05) is 5.32 Å². The summed E-state index contributed by atoms with van der Waals surface area (Å²) in [5.41, 5.74) is 1.33. The van der Waals surface area contributed by atoms with Gasteiger partial charge in [0.05, 0.1) is 11.3 Å². The van der Waals surface area contributed by atoms with Crippen molar-refractivity contribution in [3.05, 3.63) is 64.8 Å². The zero-order chi connectivity index (χ0) is 14.8. The number of rotatable bonds is 4. The Balaban J connectivity index is 1.84. The molecule has 1 aromatic heterocycles. The Morgan fingerprint density at radius 3 is 2.86 bits per heavy atom. The van der Waals surface area contributed by atoms with Crippen molar-refractivity contribution in [1.82, 2.24) is 0 Å². The van der Waals surface area contributed by atoms with Crippen molar-refractivity contribution in [1.29, 1.82) is 0 Å². The first-order valence-electron chi connectivity index (χ1n) is 6.37. The first-order chi connectivity index (χ1) is 10.1. The Bertz CT molecular complexity index is 813. The SMILES string of the molecule is O=C(O)c1ccc(F)c(NCc2csc3ccccc23)c1. The van der Waals surface area contributed by atoms with Crippen molar-refractivity contribution >= 4 is 33.1 Å². The Hall–Kier alpha value is -2.40. The van der Waals surface area contributed by atoms with E-state index in [2.05, 4.69) is 5.32 Å². The van der Waals surface area contributed by atoms with Gasteiger partial charge < -0.3 is 10.4 Å². The quantitative estimate of drug-likeness (QED) is 0.753. The summed E-state index contributed by atoms with van der Waals surface area (Å²) in [6, 6.07) is 11.7. The summed E-state index contributed by atoms with van der Waals surface area (Å²) in [7, 11) is 0. The molecule has 0 amide bonds. The van der Waals surface area contributed by atoms with E-state index < -0.39 is 11.8 Å². The number of benzene rings is 2. The van der Waals surface area contributed by atoms with Crippen LogP contribution in [0.4, 0.5) is 10.1 Å². The van der Waals surface area contributed by atoms with Crippen LogP contribution in [0.15, 0.2) is 47.8 Å². The Morgan fingerprint density at radius 1 is 1.24 bits per heavy atom.